The van der Waals surface area contributed by atoms with Crippen LogP contribution in [0, 0.1) is 12.8 Å². The molecule has 1 saturated heterocycles. The number of nitrogens with one attached hydrogen (secondary N) is 1. The van der Waals surface area contributed by atoms with Crippen LogP contribution in [0.2, 0.25) is 0 Å². The Morgan fingerprint density at radius 2 is 2.04 bits per heavy atom. The molecule has 8 heteroatoms. The molecular formula is C19H26N2O4S2. The van der Waals surface area contributed by atoms with Gasteiger partial charge in [-0.3, -0.25) is 9.59 Å². The number of anilines is 1. The molecule has 1 fully saturated rings. The molecule has 1 aromatic carbocycles. The predicted octanol–water partition coefficient (Wildman–Crippen LogP) is 3.24. The lowest BCUT2D eigenvalue weighted by Crippen LogP contribution is -2.36. The summed E-state index contributed by atoms with van der Waals surface area (Å²) < 4.78 is 11.0. The van der Waals surface area contributed by atoms with Gasteiger partial charge in [0.25, 0.3) is 5.91 Å². The zero-order valence-electron chi connectivity index (χ0n) is 15.9. The van der Waals surface area contributed by atoms with Gasteiger partial charge in [0.05, 0.1) is 18.6 Å². The lowest BCUT2D eigenvalue weighted by molar-refractivity contribution is -0.144. The Bertz CT molecular complexity index is 688. The lowest BCUT2D eigenvalue weighted by atomic mass is 10.00. The number of nitrogens with zero attached hydrogens (tertiary/aromatic N) is 1. The van der Waals surface area contributed by atoms with Crippen molar-refractivity contribution in [2.45, 2.75) is 26.7 Å². The van der Waals surface area contributed by atoms with Gasteiger partial charge in [-0.15, -0.1) is 0 Å². The Balaban J connectivity index is 1.71. The summed E-state index contributed by atoms with van der Waals surface area (Å²) in [4.78, 5) is 26.0. The summed E-state index contributed by atoms with van der Waals surface area (Å²) in [5.41, 5.74) is 1.54. The highest BCUT2D eigenvalue weighted by Crippen LogP contribution is 2.25. The molecule has 0 spiro atoms. The van der Waals surface area contributed by atoms with Crippen molar-refractivity contribution < 1.29 is 19.1 Å². The first-order valence-electron chi connectivity index (χ1n) is 8.91. The monoisotopic (exact) mass is 410 g/mol. The zero-order valence-corrected chi connectivity index (χ0v) is 17.6. The van der Waals surface area contributed by atoms with E-state index in [2.05, 4.69) is 17.1 Å². The number of rotatable bonds is 6. The van der Waals surface area contributed by atoms with Gasteiger partial charge in [0, 0.05) is 13.1 Å². The van der Waals surface area contributed by atoms with E-state index in [1.54, 1.807) is 12.1 Å². The molecule has 2 rings (SSSR count). The number of carbonyl (C=O) groups is 2. The number of carbonyl (C=O) groups excluding carboxylic acids is 2. The normalized spacial score (nSPS) is 14.6. The van der Waals surface area contributed by atoms with Crippen LogP contribution in [0.1, 0.15) is 25.3 Å². The van der Waals surface area contributed by atoms with Gasteiger partial charge >= 0.3 is 5.97 Å². The molecule has 1 heterocycles. The van der Waals surface area contributed by atoms with Crippen molar-refractivity contribution >= 4 is 45.9 Å². The zero-order chi connectivity index (χ0) is 19.8. The minimum Gasteiger partial charge on any atom is -0.495 e. The highest BCUT2D eigenvalue weighted by atomic mass is 32.2. The molecule has 6 nitrogen and oxygen atoms in total. The number of methoxy groups -OCH3 is 1. The first-order chi connectivity index (χ1) is 12.9. The first-order valence-corrected chi connectivity index (χ1v) is 10.3. The first kappa shape index (κ1) is 21.5. The number of hydrogen-bond donors (Lipinski definition) is 1. The number of ether oxygens (including phenoxy) is 2. The minimum atomic E-state index is -0.459. The highest BCUT2D eigenvalue weighted by Gasteiger charge is 2.19. The maximum Gasteiger partial charge on any atom is 0.316 e. The van der Waals surface area contributed by atoms with Gasteiger partial charge in [0.1, 0.15) is 10.1 Å². The number of hydrogen-bond acceptors (Lipinski definition) is 6. The Labute approximate surface area is 170 Å². The van der Waals surface area contributed by atoms with Crippen LogP contribution < -0.4 is 10.1 Å². The van der Waals surface area contributed by atoms with E-state index in [1.807, 2.05) is 13.0 Å². The van der Waals surface area contributed by atoms with Crippen LogP contribution in [0.3, 0.4) is 0 Å². The number of thiocarbonyl (C=S) groups is 1. The van der Waals surface area contributed by atoms with Crippen LogP contribution in [0.15, 0.2) is 18.2 Å². The van der Waals surface area contributed by atoms with E-state index >= 15 is 0 Å². The smallest absolute Gasteiger partial charge is 0.316 e. The van der Waals surface area contributed by atoms with Crippen LogP contribution in [-0.2, 0) is 14.3 Å². The number of benzene rings is 1. The van der Waals surface area contributed by atoms with Gasteiger partial charge in [0.15, 0.2) is 6.61 Å². The van der Waals surface area contributed by atoms with Crippen molar-refractivity contribution in [1.82, 2.24) is 4.90 Å². The third-order valence-electron chi connectivity index (χ3n) is 4.35. The molecule has 1 N–H and O–H groups in total. The number of piperidine rings is 1. The molecule has 1 aromatic rings. The second kappa shape index (κ2) is 10.5. The molecule has 0 radical (unpaired) electrons. The molecule has 0 unspecified atom stereocenters. The van der Waals surface area contributed by atoms with Crippen LogP contribution >= 0.6 is 24.0 Å². The summed E-state index contributed by atoms with van der Waals surface area (Å²) in [6, 6.07) is 5.46. The molecule has 0 bridgehead atoms. The number of likely N-dealkylation sites (tertiary alicyclic amines) is 1. The summed E-state index contributed by atoms with van der Waals surface area (Å²) in [7, 11) is 1.53. The Morgan fingerprint density at radius 3 is 2.70 bits per heavy atom. The second-order valence-electron chi connectivity index (χ2n) is 6.64. The summed E-state index contributed by atoms with van der Waals surface area (Å²) in [6.45, 7) is 5.68. The van der Waals surface area contributed by atoms with Crippen molar-refractivity contribution in [1.29, 1.82) is 0 Å². The topological polar surface area (TPSA) is 67.9 Å². The van der Waals surface area contributed by atoms with Crippen molar-refractivity contribution in [3.63, 3.8) is 0 Å². The number of esters is 1. The van der Waals surface area contributed by atoms with E-state index in [4.69, 9.17) is 21.7 Å². The van der Waals surface area contributed by atoms with E-state index in [9.17, 15) is 9.59 Å². The highest BCUT2D eigenvalue weighted by molar-refractivity contribution is 8.23. The van der Waals surface area contributed by atoms with Gasteiger partial charge in [-0.1, -0.05) is 37.0 Å². The Hall–Kier alpha value is -1.80. The maximum atomic E-state index is 12.0. The van der Waals surface area contributed by atoms with Crippen molar-refractivity contribution in [3.05, 3.63) is 23.8 Å². The third-order valence-corrected chi connectivity index (χ3v) is 5.85. The summed E-state index contributed by atoms with van der Waals surface area (Å²) in [6.07, 6.45) is 2.24. The van der Waals surface area contributed by atoms with Crippen molar-refractivity contribution in [3.8, 4) is 5.75 Å². The molecule has 0 aromatic heterocycles. The number of aryl methyl sites for hydroxylation is 1. The van der Waals surface area contributed by atoms with Gasteiger partial charge in [-0.05, 0) is 43.4 Å². The average Bonchev–Trinajstić information content (AvgIpc) is 2.65. The van der Waals surface area contributed by atoms with Crippen molar-refractivity contribution in [2.24, 2.45) is 5.92 Å². The van der Waals surface area contributed by atoms with Gasteiger partial charge in [-0.2, -0.15) is 0 Å². The van der Waals surface area contributed by atoms with E-state index < -0.39 is 11.9 Å². The molecule has 27 heavy (non-hydrogen) atoms. The Morgan fingerprint density at radius 1 is 1.33 bits per heavy atom. The fraction of sp³-hybridized carbons (Fsp3) is 0.526. The molecule has 1 amide bonds. The second-order valence-corrected chi connectivity index (χ2v) is 8.25. The van der Waals surface area contributed by atoms with E-state index in [-0.39, 0.29) is 12.4 Å². The molecule has 0 saturated carbocycles. The van der Waals surface area contributed by atoms with E-state index in [0.717, 1.165) is 37.4 Å². The summed E-state index contributed by atoms with van der Waals surface area (Å²) in [5, 5.41) is 2.70. The molecule has 0 aliphatic carbocycles. The lowest BCUT2D eigenvalue weighted by Gasteiger charge is -2.31. The van der Waals surface area contributed by atoms with Gasteiger partial charge in [-0.25, -0.2) is 0 Å². The Kier molecular flexibility index (Phi) is 8.37. The molecule has 1 aliphatic rings. The van der Waals surface area contributed by atoms with Gasteiger partial charge < -0.3 is 19.7 Å². The molecule has 148 valence electrons. The van der Waals surface area contributed by atoms with Crippen LogP contribution in [0.4, 0.5) is 5.69 Å². The SMILES string of the molecule is COc1ccc(C)cc1NC(=O)COC(=O)CSC(=S)N1CCC(C)CC1. The van der Waals surface area contributed by atoms with Crippen LogP contribution in [0.5, 0.6) is 5.75 Å². The quantitative estimate of drug-likeness (QED) is 0.570. The minimum absolute atomic E-state index is 0.103. The van der Waals surface area contributed by atoms with E-state index in [1.165, 1.54) is 18.9 Å². The largest absolute Gasteiger partial charge is 0.495 e. The molecule has 0 atom stereocenters. The van der Waals surface area contributed by atoms with Crippen LogP contribution in [-0.4, -0.2) is 53.7 Å². The number of amides is 1. The summed E-state index contributed by atoms with van der Waals surface area (Å²) >= 11 is 6.67. The fourth-order valence-electron chi connectivity index (χ4n) is 2.70. The number of thioether (sulfide) groups is 1. The third kappa shape index (κ3) is 7.03. The predicted molar refractivity (Wildman–Crippen MR) is 112 cm³/mol. The summed E-state index contributed by atoms with van der Waals surface area (Å²) in [5.74, 6) is 0.511. The fourth-order valence-corrected chi connectivity index (χ4v) is 3.75. The maximum absolute atomic E-state index is 12.0. The average molecular weight is 411 g/mol. The molecule has 1 aliphatic heterocycles. The standard InChI is InChI=1S/C19H26N2O4S2/c1-13-6-8-21(9-7-13)19(26)27-12-18(23)25-11-17(22)20-15-10-14(2)4-5-16(15)24-3/h4-5,10,13H,6-9,11-12H2,1-3H3,(H,20,22). The van der Waals surface area contributed by atoms with Crippen LogP contribution in [0.25, 0.3) is 0 Å². The molecular weight excluding hydrogens is 384 g/mol. The van der Waals surface area contributed by atoms with Crippen molar-refractivity contribution in [2.75, 3.05) is 37.9 Å². The van der Waals surface area contributed by atoms with E-state index in [0.29, 0.717) is 15.8 Å². The van der Waals surface area contributed by atoms with Gasteiger partial charge in [0.2, 0.25) is 0 Å².